The topological polar surface area (TPSA) is 82.1 Å². The van der Waals surface area contributed by atoms with Gasteiger partial charge in [0.1, 0.15) is 0 Å². The Morgan fingerprint density at radius 1 is 0.727 bits per heavy atom. The third kappa shape index (κ3) is 27.2. The minimum absolute atomic E-state index is 0.497. The van der Waals surface area contributed by atoms with E-state index >= 15 is 0 Å². The van der Waals surface area contributed by atoms with Gasteiger partial charge in [-0.3, -0.25) is 5.26 Å². The van der Waals surface area contributed by atoms with Gasteiger partial charge in [0.15, 0.2) is 0 Å². The molecule has 0 spiro atoms. The highest BCUT2D eigenvalue weighted by Gasteiger charge is 1.95. The zero-order chi connectivity index (χ0) is 17.1. The summed E-state index contributed by atoms with van der Waals surface area (Å²) in [5.41, 5.74) is 0. The molecule has 0 heterocycles. The first-order valence-electron chi connectivity index (χ1n) is 8.16. The summed E-state index contributed by atoms with van der Waals surface area (Å²) >= 11 is 0. The molecule has 0 unspecified atom stereocenters. The fourth-order valence-electron chi connectivity index (χ4n) is 1.77. The highest BCUT2D eigenvalue weighted by atomic mass is 17.2. The Morgan fingerprint density at radius 3 is 1.41 bits per heavy atom. The first-order valence-corrected chi connectivity index (χ1v) is 8.16. The minimum atomic E-state index is -0.639. The van der Waals surface area contributed by atoms with Crippen molar-refractivity contribution < 1.29 is 29.5 Å². The van der Waals surface area contributed by atoms with E-state index in [1.54, 1.807) is 0 Å². The molecule has 0 bridgehead atoms. The van der Waals surface area contributed by atoms with Crippen LogP contribution in [0.3, 0.4) is 0 Å². The van der Waals surface area contributed by atoms with Crippen molar-refractivity contribution in [3.63, 3.8) is 0 Å². The fourth-order valence-corrected chi connectivity index (χ4v) is 1.77. The molecule has 6 heteroatoms. The zero-order valence-corrected chi connectivity index (χ0v) is 14.3. The predicted molar refractivity (Wildman–Crippen MR) is 84.0 cm³/mol. The summed E-state index contributed by atoms with van der Waals surface area (Å²) in [5, 5.41) is 8.09. The lowest BCUT2D eigenvalue weighted by molar-refractivity contribution is -0.255. The summed E-state index contributed by atoms with van der Waals surface area (Å²) in [6.07, 6.45) is 13.1. The summed E-state index contributed by atoms with van der Waals surface area (Å²) < 4.78 is 0. The quantitative estimate of drug-likeness (QED) is 0.344. The molecule has 0 aliphatic carbocycles. The molecule has 0 aliphatic rings. The van der Waals surface area contributed by atoms with Gasteiger partial charge in [0.25, 0.3) is 0 Å². The number of hydrogen-bond acceptors (Lipinski definition) is 6. The van der Waals surface area contributed by atoms with Crippen molar-refractivity contribution >= 4 is 11.9 Å². The second-order valence-electron chi connectivity index (χ2n) is 5.17. The van der Waals surface area contributed by atoms with E-state index < -0.39 is 11.9 Å². The Balaban J connectivity index is 0. The van der Waals surface area contributed by atoms with Crippen molar-refractivity contribution in [1.29, 1.82) is 0 Å². The number of unbranched alkanes of at least 4 members (excludes halogenated alkanes) is 9. The number of carbonyl (C=O) groups excluding carboxylic acids is 2. The molecule has 0 aromatic rings. The van der Waals surface area contributed by atoms with E-state index in [0.717, 1.165) is 20.3 Å². The van der Waals surface area contributed by atoms with Crippen LogP contribution < -0.4 is 0 Å². The van der Waals surface area contributed by atoms with Crippen molar-refractivity contribution in [3.8, 4) is 0 Å². The largest absolute Gasteiger partial charge is 0.352 e. The van der Waals surface area contributed by atoms with Gasteiger partial charge in [0.2, 0.25) is 0 Å². The van der Waals surface area contributed by atoms with E-state index in [4.69, 9.17) is 5.26 Å². The van der Waals surface area contributed by atoms with Crippen LogP contribution in [0.25, 0.3) is 0 Å². The van der Waals surface area contributed by atoms with Gasteiger partial charge in [0.05, 0.1) is 6.61 Å². The van der Waals surface area contributed by atoms with Gasteiger partial charge in [0, 0.05) is 13.8 Å². The molecule has 0 fully saturated rings. The molecule has 0 aromatic heterocycles. The Hall–Kier alpha value is -1.14. The molecule has 0 rings (SSSR count). The van der Waals surface area contributed by atoms with E-state index in [0.29, 0.717) is 6.61 Å². The van der Waals surface area contributed by atoms with Crippen LogP contribution in [0.4, 0.5) is 0 Å². The maximum Gasteiger partial charge on any atom is 0.352 e. The summed E-state index contributed by atoms with van der Waals surface area (Å²) in [4.78, 5) is 31.3. The van der Waals surface area contributed by atoms with Crippen molar-refractivity contribution in [3.05, 3.63) is 0 Å². The Kier molecular flexibility index (Phi) is 20.9. The van der Waals surface area contributed by atoms with Crippen LogP contribution in [0.2, 0.25) is 0 Å². The van der Waals surface area contributed by atoms with Crippen LogP contribution in [0.5, 0.6) is 0 Å². The highest BCUT2D eigenvalue weighted by molar-refractivity contribution is 5.69. The third-order valence-electron chi connectivity index (χ3n) is 2.87. The SMILES string of the molecule is CC(=O)OOC(C)=O.CCCCCCCCCCCCOO. The summed E-state index contributed by atoms with van der Waals surface area (Å²) in [6.45, 7) is 5.03. The lowest BCUT2D eigenvalue weighted by Crippen LogP contribution is -2.03. The monoisotopic (exact) mass is 320 g/mol. The van der Waals surface area contributed by atoms with E-state index in [1.807, 2.05) is 0 Å². The van der Waals surface area contributed by atoms with Crippen LogP contribution in [-0.4, -0.2) is 23.8 Å². The molecule has 1 N–H and O–H groups in total. The maximum atomic E-state index is 9.85. The molecule has 132 valence electrons. The summed E-state index contributed by atoms with van der Waals surface area (Å²) in [6, 6.07) is 0. The molecule has 0 atom stereocenters. The van der Waals surface area contributed by atoms with Crippen molar-refractivity contribution in [2.24, 2.45) is 0 Å². The normalized spacial score (nSPS) is 9.64. The molecule has 0 saturated heterocycles. The third-order valence-corrected chi connectivity index (χ3v) is 2.87. The lowest BCUT2D eigenvalue weighted by atomic mass is 10.1. The summed E-state index contributed by atoms with van der Waals surface area (Å²) in [7, 11) is 0. The first-order chi connectivity index (χ1) is 10.5. The lowest BCUT2D eigenvalue weighted by Gasteiger charge is -2.01. The second-order valence-corrected chi connectivity index (χ2v) is 5.17. The van der Waals surface area contributed by atoms with Gasteiger partial charge < -0.3 is 0 Å². The van der Waals surface area contributed by atoms with E-state index in [-0.39, 0.29) is 0 Å². The van der Waals surface area contributed by atoms with E-state index in [1.165, 1.54) is 57.8 Å². The van der Waals surface area contributed by atoms with Crippen LogP contribution in [0.1, 0.15) is 85.0 Å². The Bertz CT molecular complexity index is 229. The van der Waals surface area contributed by atoms with E-state index in [9.17, 15) is 9.59 Å². The van der Waals surface area contributed by atoms with E-state index in [2.05, 4.69) is 21.6 Å². The minimum Gasteiger partial charge on any atom is -0.252 e. The highest BCUT2D eigenvalue weighted by Crippen LogP contribution is 2.10. The zero-order valence-electron chi connectivity index (χ0n) is 14.3. The number of carbonyl (C=O) groups is 2. The molecular weight excluding hydrogens is 288 g/mol. The number of hydrogen-bond donors (Lipinski definition) is 1. The molecule has 6 nitrogen and oxygen atoms in total. The first kappa shape index (κ1) is 23.1. The Labute approximate surface area is 134 Å². The maximum absolute atomic E-state index is 9.85. The molecule has 22 heavy (non-hydrogen) atoms. The van der Waals surface area contributed by atoms with Gasteiger partial charge in [-0.25, -0.2) is 24.3 Å². The second kappa shape index (κ2) is 19.9. The van der Waals surface area contributed by atoms with Gasteiger partial charge >= 0.3 is 11.9 Å². The molecule has 0 aromatic carbocycles. The average Bonchev–Trinajstić information content (AvgIpc) is 2.48. The fraction of sp³-hybridized carbons (Fsp3) is 0.875. The molecule has 0 amide bonds. The van der Waals surface area contributed by atoms with Gasteiger partial charge in [-0.15, -0.1) is 0 Å². The van der Waals surface area contributed by atoms with Crippen molar-refractivity contribution in [2.75, 3.05) is 6.61 Å². The smallest absolute Gasteiger partial charge is 0.252 e. The van der Waals surface area contributed by atoms with Gasteiger partial charge in [-0.2, -0.15) is 0 Å². The Morgan fingerprint density at radius 2 is 1.09 bits per heavy atom. The molecule has 0 saturated carbocycles. The standard InChI is InChI=1S/C12H26O2.C4H6O4/c1-2-3-4-5-6-7-8-9-10-11-12-14-13;1-3(5)7-8-4(2)6/h13H,2-12H2,1H3;1-2H3. The van der Waals surface area contributed by atoms with Gasteiger partial charge in [-0.1, -0.05) is 64.7 Å². The van der Waals surface area contributed by atoms with Crippen molar-refractivity contribution in [1.82, 2.24) is 0 Å². The number of rotatable bonds is 11. The summed E-state index contributed by atoms with van der Waals surface area (Å²) in [5.74, 6) is -1.28. The molecule has 0 radical (unpaired) electrons. The molecule has 0 aliphatic heterocycles. The van der Waals surface area contributed by atoms with Crippen LogP contribution in [0.15, 0.2) is 0 Å². The predicted octanol–water partition coefficient (Wildman–Crippen LogP) is 4.42. The average molecular weight is 320 g/mol. The van der Waals surface area contributed by atoms with Crippen LogP contribution in [0, 0.1) is 0 Å². The van der Waals surface area contributed by atoms with Crippen LogP contribution >= 0.6 is 0 Å². The molecular formula is C16H32O6. The van der Waals surface area contributed by atoms with Crippen LogP contribution in [-0.2, 0) is 24.3 Å². The van der Waals surface area contributed by atoms with Crippen molar-refractivity contribution in [2.45, 2.75) is 85.0 Å². The van der Waals surface area contributed by atoms with Gasteiger partial charge in [-0.05, 0) is 6.42 Å².